The zero-order chi connectivity index (χ0) is 20.4. The molecule has 0 unspecified atom stereocenters. The predicted octanol–water partition coefficient (Wildman–Crippen LogP) is 4.19. The van der Waals surface area contributed by atoms with E-state index in [9.17, 15) is 9.59 Å². The summed E-state index contributed by atoms with van der Waals surface area (Å²) in [5.74, 6) is -0.685. The van der Waals surface area contributed by atoms with Crippen LogP contribution in [0.25, 0.3) is 0 Å². The summed E-state index contributed by atoms with van der Waals surface area (Å²) < 4.78 is 5.77. The average molecular weight is 411 g/mol. The molecule has 0 saturated carbocycles. The van der Waals surface area contributed by atoms with Crippen molar-refractivity contribution in [3.63, 3.8) is 0 Å². The van der Waals surface area contributed by atoms with E-state index >= 15 is 0 Å². The van der Waals surface area contributed by atoms with Crippen LogP contribution in [-0.4, -0.2) is 35.5 Å². The van der Waals surface area contributed by atoms with Gasteiger partial charge in [-0.2, -0.15) is 0 Å². The topological polar surface area (TPSA) is 58.6 Å². The van der Waals surface area contributed by atoms with Crippen molar-refractivity contribution in [3.8, 4) is 0 Å². The molecule has 6 heteroatoms. The van der Waals surface area contributed by atoms with E-state index in [2.05, 4.69) is 22.3 Å². The molecule has 0 aromatic heterocycles. The minimum Gasteiger partial charge on any atom is -0.450 e. The van der Waals surface area contributed by atoms with Gasteiger partial charge in [0.2, 0.25) is 0 Å². The van der Waals surface area contributed by atoms with Crippen molar-refractivity contribution in [1.29, 1.82) is 0 Å². The number of carbonyl (C=O) groups excluding carboxylic acids is 2. The largest absolute Gasteiger partial charge is 0.450 e. The quantitative estimate of drug-likeness (QED) is 0.768. The summed E-state index contributed by atoms with van der Waals surface area (Å²) in [6.07, 6.45) is 1.21. The third-order valence-corrected chi connectivity index (χ3v) is 5.92. The fourth-order valence-electron chi connectivity index (χ4n) is 4.12. The fourth-order valence-corrected chi connectivity index (χ4v) is 4.24. The number of ether oxygens (including phenoxy) is 1. The molecule has 29 heavy (non-hydrogen) atoms. The Morgan fingerprint density at radius 1 is 1.10 bits per heavy atom. The lowest BCUT2D eigenvalue weighted by Gasteiger charge is -2.39. The molecule has 0 aliphatic carbocycles. The Hall–Kier alpha value is -2.63. The molecule has 0 radical (unpaired) electrons. The van der Waals surface area contributed by atoms with Crippen molar-refractivity contribution >= 4 is 29.2 Å². The van der Waals surface area contributed by atoms with E-state index in [1.807, 2.05) is 18.2 Å². The maximum absolute atomic E-state index is 13.1. The van der Waals surface area contributed by atoms with Gasteiger partial charge in [-0.05, 0) is 36.8 Å². The maximum Gasteiger partial charge on any atom is 0.335 e. The first-order chi connectivity index (χ1) is 14.0. The molecular formula is C23H23ClN2O3. The maximum atomic E-state index is 13.1. The SMILES string of the molecule is CC1=C(C(=O)Nc2ccc(Cl)cc2)C2(CCN(Cc3ccccc3)CC2)OC1=O. The van der Waals surface area contributed by atoms with Gasteiger partial charge in [-0.25, -0.2) is 4.79 Å². The van der Waals surface area contributed by atoms with Crippen molar-refractivity contribution in [2.24, 2.45) is 0 Å². The van der Waals surface area contributed by atoms with Gasteiger partial charge in [0, 0.05) is 48.8 Å². The summed E-state index contributed by atoms with van der Waals surface area (Å²) in [5, 5.41) is 3.48. The molecule has 2 aromatic rings. The minimum absolute atomic E-state index is 0.285. The first-order valence-electron chi connectivity index (χ1n) is 9.75. The number of halogens is 1. The number of carbonyl (C=O) groups is 2. The van der Waals surface area contributed by atoms with Crippen LogP contribution in [0.2, 0.25) is 5.02 Å². The molecule has 2 aromatic carbocycles. The van der Waals surface area contributed by atoms with Gasteiger partial charge >= 0.3 is 5.97 Å². The van der Waals surface area contributed by atoms with Gasteiger partial charge in [-0.15, -0.1) is 0 Å². The van der Waals surface area contributed by atoms with Crippen LogP contribution < -0.4 is 5.32 Å². The summed E-state index contributed by atoms with van der Waals surface area (Å²) in [6, 6.07) is 17.2. The smallest absolute Gasteiger partial charge is 0.335 e. The van der Waals surface area contributed by atoms with Crippen molar-refractivity contribution in [1.82, 2.24) is 4.90 Å². The molecule has 150 valence electrons. The lowest BCUT2D eigenvalue weighted by atomic mass is 9.82. The van der Waals surface area contributed by atoms with E-state index in [0.29, 0.717) is 34.7 Å². The van der Waals surface area contributed by atoms with Gasteiger partial charge in [-0.1, -0.05) is 41.9 Å². The normalized spacial score (nSPS) is 18.8. The Labute approximate surface area is 175 Å². The zero-order valence-corrected chi connectivity index (χ0v) is 17.0. The Kier molecular flexibility index (Phi) is 5.43. The van der Waals surface area contributed by atoms with Crippen LogP contribution in [0, 0.1) is 0 Å². The molecule has 1 saturated heterocycles. The van der Waals surface area contributed by atoms with Gasteiger partial charge in [-0.3, -0.25) is 9.69 Å². The highest BCUT2D eigenvalue weighted by Gasteiger charge is 2.50. The van der Waals surface area contributed by atoms with Gasteiger partial charge in [0.15, 0.2) is 0 Å². The molecular weight excluding hydrogens is 388 g/mol. The van der Waals surface area contributed by atoms with Gasteiger partial charge in [0.25, 0.3) is 5.91 Å². The van der Waals surface area contributed by atoms with E-state index in [0.717, 1.165) is 19.6 Å². The Bertz CT molecular complexity index is 946. The molecule has 1 spiro atoms. The van der Waals surface area contributed by atoms with Crippen LogP contribution in [-0.2, 0) is 20.9 Å². The number of anilines is 1. The van der Waals surface area contributed by atoms with Gasteiger partial charge < -0.3 is 10.1 Å². The molecule has 0 bridgehead atoms. The number of piperidine rings is 1. The third-order valence-electron chi connectivity index (χ3n) is 5.67. The molecule has 4 rings (SSSR count). The number of nitrogens with zero attached hydrogens (tertiary/aromatic N) is 1. The Morgan fingerprint density at radius 3 is 2.41 bits per heavy atom. The molecule has 2 aliphatic rings. The fraction of sp³-hybridized carbons (Fsp3) is 0.304. The molecule has 2 aliphatic heterocycles. The first-order valence-corrected chi connectivity index (χ1v) is 10.1. The second-order valence-electron chi connectivity index (χ2n) is 7.61. The third kappa shape index (κ3) is 4.07. The average Bonchev–Trinajstić information content (AvgIpc) is 2.96. The van der Waals surface area contributed by atoms with Crippen LogP contribution in [0.5, 0.6) is 0 Å². The second kappa shape index (κ2) is 8.01. The highest BCUT2D eigenvalue weighted by atomic mass is 35.5. The molecule has 2 heterocycles. The summed E-state index contributed by atoms with van der Waals surface area (Å²) >= 11 is 5.91. The van der Waals surface area contributed by atoms with Crippen molar-refractivity contribution in [3.05, 3.63) is 76.3 Å². The van der Waals surface area contributed by atoms with E-state index in [-0.39, 0.29) is 5.91 Å². The van der Waals surface area contributed by atoms with Crippen molar-refractivity contribution < 1.29 is 14.3 Å². The lowest BCUT2D eigenvalue weighted by molar-refractivity contribution is -0.150. The summed E-state index contributed by atoms with van der Waals surface area (Å²) in [5.41, 5.74) is 1.89. The first kappa shape index (κ1) is 19.7. The minimum atomic E-state index is -0.842. The summed E-state index contributed by atoms with van der Waals surface area (Å²) in [4.78, 5) is 27.7. The molecule has 1 fully saturated rings. The monoisotopic (exact) mass is 410 g/mol. The van der Waals surface area contributed by atoms with Crippen molar-refractivity contribution in [2.45, 2.75) is 31.9 Å². The number of likely N-dealkylation sites (tertiary alicyclic amines) is 1. The van der Waals surface area contributed by atoms with E-state index < -0.39 is 11.6 Å². The number of hydrogen-bond donors (Lipinski definition) is 1. The standard InChI is InChI=1S/C23H23ClN2O3/c1-16-20(21(27)25-19-9-7-18(24)8-10-19)23(29-22(16)28)11-13-26(14-12-23)15-17-5-3-2-4-6-17/h2-10H,11-15H2,1H3,(H,25,27). The van der Waals surface area contributed by atoms with Crippen LogP contribution in [0.4, 0.5) is 5.69 Å². The van der Waals surface area contributed by atoms with E-state index in [1.54, 1.807) is 31.2 Å². The van der Waals surface area contributed by atoms with Crippen LogP contribution in [0.3, 0.4) is 0 Å². The number of esters is 1. The number of hydrogen-bond acceptors (Lipinski definition) is 4. The van der Waals surface area contributed by atoms with Gasteiger partial charge in [0.05, 0.1) is 5.57 Å². The van der Waals surface area contributed by atoms with Crippen LogP contribution in [0.15, 0.2) is 65.7 Å². The summed E-state index contributed by atoms with van der Waals surface area (Å²) in [6.45, 7) is 4.03. The molecule has 5 nitrogen and oxygen atoms in total. The molecule has 1 amide bonds. The predicted molar refractivity (Wildman–Crippen MR) is 113 cm³/mol. The van der Waals surface area contributed by atoms with E-state index in [4.69, 9.17) is 16.3 Å². The summed E-state index contributed by atoms with van der Waals surface area (Å²) in [7, 11) is 0. The number of rotatable bonds is 4. The zero-order valence-electron chi connectivity index (χ0n) is 16.3. The molecule has 0 atom stereocenters. The van der Waals surface area contributed by atoms with E-state index in [1.165, 1.54) is 5.56 Å². The highest BCUT2D eigenvalue weighted by Crippen LogP contribution is 2.41. The Morgan fingerprint density at radius 2 is 1.76 bits per heavy atom. The highest BCUT2D eigenvalue weighted by molar-refractivity contribution is 6.30. The van der Waals surface area contributed by atoms with Gasteiger partial charge in [0.1, 0.15) is 5.60 Å². The number of amides is 1. The Balaban J connectivity index is 1.48. The lowest BCUT2D eigenvalue weighted by Crippen LogP contribution is -2.47. The molecule has 1 N–H and O–H groups in total. The second-order valence-corrected chi connectivity index (χ2v) is 8.04. The van der Waals surface area contributed by atoms with Crippen LogP contribution in [0.1, 0.15) is 25.3 Å². The van der Waals surface area contributed by atoms with Crippen molar-refractivity contribution in [2.75, 3.05) is 18.4 Å². The number of nitrogens with one attached hydrogen (secondary N) is 1. The van der Waals surface area contributed by atoms with Crippen LogP contribution >= 0.6 is 11.6 Å². The number of benzene rings is 2.